The summed E-state index contributed by atoms with van der Waals surface area (Å²) in [7, 11) is 0. The Morgan fingerprint density at radius 1 is 1.14 bits per heavy atom. The van der Waals surface area contributed by atoms with Crippen molar-refractivity contribution >= 4 is 34.5 Å². The van der Waals surface area contributed by atoms with Crippen LogP contribution in [0.1, 0.15) is 48.2 Å². The number of nitrogens with zero attached hydrogens (tertiary/aromatic N) is 1. The molecule has 2 heterocycles. The maximum Gasteiger partial charge on any atom is 0.238 e. The second kappa shape index (κ2) is 9.82. The molecule has 2 aromatic heterocycles. The fourth-order valence-electron chi connectivity index (χ4n) is 2.96. The second-order valence-corrected chi connectivity index (χ2v) is 8.03. The van der Waals surface area contributed by atoms with Crippen LogP contribution in [0.3, 0.4) is 0 Å². The van der Waals surface area contributed by atoms with E-state index < -0.39 is 0 Å². The summed E-state index contributed by atoms with van der Waals surface area (Å²) in [6.07, 6.45) is 2.70. The third-order valence-electron chi connectivity index (χ3n) is 4.78. The topological polar surface area (TPSA) is 54.0 Å². The first kappa shape index (κ1) is 20.5. The first-order valence-corrected chi connectivity index (χ1v) is 10.6. The summed E-state index contributed by atoms with van der Waals surface area (Å²) in [5.41, 5.74) is 2.99. The van der Waals surface area contributed by atoms with E-state index >= 15 is 0 Å². The Morgan fingerprint density at radius 2 is 1.89 bits per heavy atom. The summed E-state index contributed by atoms with van der Waals surface area (Å²) in [6, 6.07) is 16.2. The molecule has 0 saturated carbocycles. The van der Waals surface area contributed by atoms with Gasteiger partial charge in [-0.05, 0) is 47.0 Å². The standard InChI is InChI=1S/C22H24ClN3OS/c1-3-15(2)16-8-10-17(11-9-16)21(19-7-5-13-28-19)25-14-20(27)26-18-6-4-12-24-22(18)23/h4-13,15,21,25H,3,14H2,1-2H3,(H,26,27)/t15-,21-/m0/s1. The van der Waals surface area contributed by atoms with Crippen molar-refractivity contribution in [3.63, 3.8) is 0 Å². The van der Waals surface area contributed by atoms with E-state index in [1.54, 1.807) is 29.7 Å². The Kier molecular flexibility index (Phi) is 7.20. The summed E-state index contributed by atoms with van der Waals surface area (Å²) in [4.78, 5) is 17.5. The van der Waals surface area contributed by atoms with E-state index in [0.29, 0.717) is 11.6 Å². The van der Waals surface area contributed by atoms with Crippen molar-refractivity contribution in [2.75, 3.05) is 11.9 Å². The van der Waals surface area contributed by atoms with Crippen LogP contribution in [0.2, 0.25) is 5.15 Å². The van der Waals surface area contributed by atoms with Crippen molar-refractivity contribution in [1.29, 1.82) is 0 Å². The molecular weight excluding hydrogens is 390 g/mol. The highest BCUT2D eigenvalue weighted by Gasteiger charge is 2.17. The molecule has 0 unspecified atom stereocenters. The maximum absolute atomic E-state index is 12.4. The zero-order valence-corrected chi connectivity index (χ0v) is 17.6. The molecule has 0 spiro atoms. The normalized spacial score (nSPS) is 13.1. The van der Waals surface area contributed by atoms with E-state index in [-0.39, 0.29) is 23.6 Å². The molecular formula is C22H24ClN3OS. The van der Waals surface area contributed by atoms with Crippen LogP contribution in [0.5, 0.6) is 0 Å². The van der Waals surface area contributed by atoms with Crippen LogP contribution in [-0.2, 0) is 4.79 Å². The Labute approximate surface area is 175 Å². The SMILES string of the molecule is CC[C@H](C)c1ccc([C@H](NCC(=O)Nc2cccnc2Cl)c2cccs2)cc1. The van der Waals surface area contributed by atoms with Crippen molar-refractivity contribution in [2.24, 2.45) is 0 Å². The van der Waals surface area contributed by atoms with Crippen LogP contribution >= 0.6 is 22.9 Å². The van der Waals surface area contributed by atoms with Gasteiger partial charge in [-0.15, -0.1) is 11.3 Å². The Hall–Kier alpha value is -2.21. The molecule has 0 fully saturated rings. The van der Waals surface area contributed by atoms with Gasteiger partial charge in [-0.3, -0.25) is 10.1 Å². The van der Waals surface area contributed by atoms with E-state index in [1.807, 2.05) is 11.4 Å². The molecule has 0 saturated heterocycles. The van der Waals surface area contributed by atoms with Crippen molar-refractivity contribution in [2.45, 2.75) is 32.2 Å². The molecule has 0 aliphatic rings. The number of carbonyl (C=O) groups is 1. The number of halogens is 1. The molecule has 4 nitrogen and oxygen atoms in total. The summed E-state index contributed by atoms with van der Waals surface area (Å²) in [5.74, 6) is 0.380. The van der Waals surface area contributed by atoms with E-state index in [1.165, 1.54) is 10.4 Å². The number of nitrogens with one attached hydrogen (secondary N) is 2. The van der Waals surface area contributed by atoms with Gasteiger partial charge in [-0.1, -0.05) is 55.8 Å². The Morgan fingerprint density at radius 3 is 2.54 bits per heavy atom. The van der Waals surface area contributed by atoms with Gasteiger partial charge in [0.1, 0.15) is 0 Å². The molecule has 1 amide bonds. The van der Waals surface area contributed by atoms with Gasteiger partial charge in [-0.25, -0.2) is 4.98 Å². The van der Waals surface area contributed by atoms with Gasteiger partial charge in [0.15, 0.2) is 5.15 Å². The molecule has 1 aromatic carbocycles. The summed E-state index contributed by atoms with van der Waals surface area (Å²) in [5, 5.41) is 8.51. The zero-order valence-electron chi connectivity index (χ0n) is 16.0. The average molecular weight is 414 g/mol. The van der Waals surface area contributed by atoms with Gasteiger partial charge in [0.2, 0.25) is 5.91 Å². The number of rotatable bonds is 8. The zero-order chi connectivity index (χ0) is 19.9. The molecule has 3 aromatic rings. The van der Waals surface area contributed by atoms with Gasteiger partial charge in [0, 0.05) is 11.1 Å². The number of aromatic nitrogens is 1. The number of pyridine rings is 1. The highest BCUT2D eigenvalue weighted by molar-refractivity contribution is 7.10. The average Bonchev–Trinajstić information content (AvgIpc) is 3.24. The van der Waals surface area contributed by atoms with E-state index in [9.17, 15) is 4.79 Å². The first-order chi connectivity index (χ1) is 13.6. The number of anilines is 1. The van der Waals surface area contributed by atoms with Crippen LogP contribution < -0.4 is 10.6 Å². The smallest absolute Gasteiger partial charge is 0.238 e. The van der Waals surface area contributed by atoms with Gasteiger partial charge in [0.25, 0.3) is 0 Å². The third-order valence-corrected chi connectivity index (χ3v) is 6.02. The van der Waals surface area contributed by atoms with Crippen LogP contribution in [0.15, 0.2) is 60.1 Å². The molecule has 146 valence electrons. The van der Waals surface area contributed by atoms with Crippen molar-refractivity contribution in [3.8, 4) is 0 Å². The number of benzene rings is 1. The van der Waals surface area contributed by atoms with Crippen LogP contribution in [0, 0.1) is 0 Å². The largest absolute Gasteiger partial charge is 0.322 e. The van der Waals surface area contributed by atoms with Crippen LogP contribution in [-0.4, -0.2) is 17.4 Å². The van der Waals surface area contributed by atoms with Crippen molar-refractivity contribution in [1.82, 2.24) is 10.3 Å². The molecule has 0 bridgehead atoms. The molecule has 28 heavy (non-hydrogen) atoms. The fourth-order valence-corrected chi connectivity index (χ4v) is 3.95. The minimum Gasteiger partial charge on any atom is -0.322 e. The molecule has 2 N–H and O–H groups in total. The fraction of sp³-hybridized carbons (Fsp3) is 0.273. The van der Waals surface area contributed by atoms with Crippen molar-refractivity contribution < 1.29 is 4.79 Å². The summed E-state index contributed by atoms with van der Waals surface area (Å²) in [6.45, 7) is 4.60. The van der Waals surface area contributed by atoms with Gasteiger partial charge in [-0.2, -0.15) is 0 Å². The van der Waals surface area contributed by atoms with E-state index in [4.69, 9.17) is 11.6 Å². The lowest BCUT2D eigenvalue weighted by Gasteiger charge is -2.19. The molecule has 0 radical (unpaired) electrons. The minimum absolute atomic E-state index is 0.0406. The maximum atomic E-state index is 12.4. The Balaban J connectivity index is 1.71. The molecule has 0 aliphatic carbocycles. The number of hydrogen-bond acceptors (Lipinski definition) is 4. The third kappa shape index (κ3) is 5.19. The van der Waals surface area contributed by atoms with Gasteiger partial charge >= 0.3 is 0 Å². The predicted octanol–water partition coefficient (Wildman–Crippen LogP) is 5.63. The second-order valence-electron chi connectivity index (χ2n) is 6.70. The lowest BCUT2D eigenvalue weighted by atomic mass is 9.95. The summed E-state index contributed by atoms with van der Waals surface area (Å²) < 4.78 is 0. The van der Waals surface area contributed by atoms with Gasteiger partial charge in [0.05, 0.1) is 18.3 Å². The highest BCUT2D eigenvalue weighted by atomic mass is 35.5. The molecule has 6 heteroatoms. The number of amides is 1. The van der Waals surface area contributed by atoms with Crippen molar-refractivity contribution in [3.05, 3.63) is 81.3 Å². The first-order valence-electron chi connectivity index (χ1n) is 9.35. The van der Waals surface area contributed by atoms with E-state index in [2.05, 4.69) is 59.8 Å². The lowest BCUT2D eigenvalue weighted by molar-refractivity contribution is -0.115. The monoisotopic (exact) mass is 413 g/mol. The van der Waals surface area contributed by atoms with Gasteiger partial charge < -0.3 is 5.32 Å². The quantitative estimate of drug-likeness (QED) is 0.470. The Bertz CT molecular complexity index is 896. The van der Waals surface area contributed by atoms with Crippen LogP contribution in [0.4, 0.5) is 5.69 Å². The number of thiophene rings is 1. The highest BCUT2D eigenvalue weighted by Crippen LogP contribution is 2.28. The van der Waals surface area contributed by atoms with Crippen LogP contribution in [0.25, 0.3) is 0 Å². The molecule has 3 rings (SSSR count). The number of carbonyl (C=O) groups excluding carboxylic acids is 1. The molecule has 0 aliphatic heterocycles. The molecule has 2 atom stereocenters. The lowest BCUT2D eigenvalue weighted by Crippen LogP contribution is -2.31. The summed E-state index contributed by atoms with van der Waals surface area (Å²) >= 11 is 7.69. The van der Waals surface area contributed by atoms with E-state index in [0.717, 1.165) is 12.0 Å². The number of hydrogen-bond donors (Lipinski definition) is 2. The minimum atomic E-state index is -0.160. The predicted molar refractivity (Wildman–Crippen MR) is 117 cm³/mol.